The zero-order chi connectivity index (χ0) is 17.1. The van der Waals surface area contributed by atoms with Crippen LogP contribution in [-0.4, -0.2) is 24.3 Å². The number of carbonyl (C=O) groups excluding carboxylic acids is 4. The summed E-state index contributed by atoms with van der Waals surface area (Å²) in [5.41, 5.74) is 1.85. The molecule has 2 aromatic rings. The molecule has 2 aromatic carbocycles. The average molecular weight is 316 g/mol. The Bertz CT molecular complexity index is 994. The van der Waals surface area contributed by atoms with Crippen LogP contribution in [0, 0.1) is 0 Å². The van der Waals surface area contributed by atoms with E-state index in [0.29, 0.717) is 22.3 Å². The fourth-order valence-electron chi connectivity index (χ4n) is 2.69. The Hall–Kier alpha value is -4.04. The van der Waals surface area contributed by atoms with E-state index in [0.717, 1.165) is 0 Å². The van der Waals surface area contributed by atoms with E-state index < -0.39 is 0 Å². The highest BCUT2D eigenvalue weighted by Gasteiger charge is 2.34. The molecule has 0 bridgehead atoms. The first-order valence-corrected chi connectivity index (χ1v) is 6.43. The van der Waals surface area contributed by atoms with Gasteiger partial charge in [-0.3, -0.25) is 0 Å². The molecule has 0 radical (unpaired) electrons. The molecule has 0 spiro atoms. The Labute approximate surface area is 133 Å². The van der Waals surface area contributed by atoms with Crippen molar-refractivity contribution in [2.24, 2.45) is 20.0 Å². The largest absolute Gasteiger partial charge is 0.240 e. The molecule has 0 amide bonds. The number of rotatable bonds is 4. The van der Waals surface area contributed by atoms with Crippen LogP contribution in [0.5, 0.6) is 0 Å². The lowest BCUT2D eigenvalue weighted by Gasteiger charge is -2.27. The minimum absolute atomic E-state index is 0.0131. The minimum atomic E-state index is -0.223. The van der Waals surface area contributed by atoms with E-state index in [4.69, 9.17) is 0 Å². The molecule has 1 aliphatic rings. The summed E-state index contributed by atoms with van der Waals surface area (Å²) in [5.74, 6) is 0. The van der Waals surface area contributed by atoms with Crippen molar-refractivity contribution in [1.29, 1.82) is 0 Å². The van der Waals surface area contributed by atoms with Gasteiger partial charge in [-0.25, -0.2) is 19.2 Å². The fourth-order valence-corrected chi connectivity index (χ4v) is 2.69. The normalized spacial score (nSPS) is 9.67. The van der Waals surface area contributed by atoms with Crippen LogP contribution in [0.15, 0.2) is 44.2 Å². The van der Waals surface area contributed by atoms with E-state index in [2.05, 4.69) is 20.0 Å². The van der Waals surface area contributed by atoms with Crippen molar-refractivity contribution < 1.29 is 19.2 Å². The van der Waals surface area contributed by atoms with E-state index >= 15 is 0 Å². The van der Waals surface area contributed by atoms with E-state index in [-0.39, 0.29) is 22.7 Å². The summed E-state index contributed by atoms with van der Waals surface area (Å²) >= 11 is 0. The molecule has 8 heteroatoms. The van der Waals surface area contributed by atoms with Crippen LogP contribution in [0.3, 0.4) is 0 Å². The number of fused-ring (bicyclic) bond motifs is 4. The number of benzene rings is 2. The molecular formula is C16H4N4O4. The van der Waals surface area contributed by atoms with E-state index in [1.54, 1.807) is 24.3 Å². The molecule has 1 aliphatic carbocycles. The highest BCUT2D eigenvalue weighted by molar-refractivity contribution is 6.18. The summed E-state index contributed by atoms with van der Waals surface area (Å²) in [6, 6.07) is 7.04. The third-order valence-electron chi connectivity index (χ3n) is 3.49. The molecular weight excluding hydrogens is 312 g/mol. The quantitative estimate of drug-likeness (QED) is 0.542. The summed E-state index contributed by atoms with van der Waals surface area (Å²) in [4.78, 5) is 57.1. The Balaban J connectivity index is 2.58. The van der Waals surface area contributed by atoms with Gasteiger partial charge in [0.05, 0.1) is 0 Å². The molecule has 0 heterocycles. The van der Waals surface area contributed by atoms with Crippen LogP contribution >= 0.6 is 0 Å². The molecule has 0 atom stereocenters. The van der Waals surface area contributed by atoms with E-state index in [1.165, 1.54) is 24.3 Å². The van der Waals surface area contributed by atoms with Gasteiger partial charge in [0.15, 0.2) is 0 Å². The van der Waals surface area contributed by atoms with Crippen LogP contribution in [0.1, 0.15) is 0 Å². The smallest absolute Gasteiger partial charge is 0.211 e. The summed E-state index contributed by atoms with van der Waals surface area (Å²) in [6.07, 6.45) is 5.35. The molecule has 8 nitrogen and oxygen atoms in total. The van der Waals surface area contributed by atoms with Gasteiger partial charge < -0.3 is 0 Å². The summed E-state index contributed by atoms with van der Waals surface area (Å²) in [7, 11) is 0. The molecule has 112 valence electrons. The minimum Gasteiger partial charge on any atom is -0.211 e. The summed E-state index contributed by atoms with van der Waals surface area (Å²) in [5, 5.41) is 0. The highest BCUT2D eigenvalue weighted by atomic mass is 16.1. The third-order valence-corrected chi connectivity index (χ3v) is 3.49. The number of aliphatic imine (C=N–C) groups is 4. The van der Waals surface area contributed by atoms with Gasteiger partial charge >= 0.3 is 0 Å². The maximum Gasteiger partial charge on any atom is 0.240 e. The molecule has 0 saturated heterocycles. The lowest BCUT2D eigenvalue weighted by Crippen LogP contribution is -2.00. The van der Waals surface area contributed by atoms with Gasteiger partial charge in [0.1, 0.15) is 22.7 Å². The van der Waals surface area contributed by atoms with Crippen molar-refractivity contribution in [2.75, 3.05) is 0 Å². The Morgan fingerprint density at radius 2 is 0.875 bits per heavy atom. The number of hydrogen-bond donors (Lipinski definition) is 0. The lowest BCUT2D eigenvalue weighted by atomic mass is 9.77. The Morgan fingerprint density at radius 3 is 1.21 bits per heavy atom. The molecule has 0 unspecified atom stereocenters. The van der Waals surface area contributed by atoms with E-state index in [1.807, 2.05) is 0 Å². The summed E-state index contributed by atoms with van der Waals surface area (Å²) < 4.78 is 0. The zero-order valence-electron chi connectivity index (χ0n) is 11.7. The molecule has 24 heavy (non-hydrogen) atoms. The van der Waals surface area contributed by atoms with Gasteiger partial charge in [-0.15, -0.1) is 0 Å². The second kappa shape index (κ2) is 5.99. The summed E-state index contributed by atoms with van der Waals surface area (Å²) in [6.45, 7) is 0. The average Bonchev–Trinajstić information content (AvgIpc) is 2.57. The monoisotopic (exact) mass is 316 g/mol. The number of nitrogens with zero attached hydrogens (tertiary/aromatic N) is 4. The zero-order valence-corrected chi connectivity index (χ0v) is 11.7. The standard InChI is InChI=1S/C16H4N4O4/c21-5-17-13-11-9-3-1-2-4-10(9)12(11)14(18-6-22)16(20-8-24)15(13)19-7-23/h1-4H. The van der Waals surface area contributed by atoms with Gasteiger partial charge in [0, 0.05) is 11.1 Å². The van der Waals surface area contributed by atoms with Crippen LogP contribution in [0.4, 0.5) is 22.7 Å². The van der Waals surface area contributed by atoms with Crippen molar-refractivity contribution in [3.63, 3.8) is 0 Å². The predicted molar refractivity (Wildman–Crippen MR) is 82.0 cm³/mol. The first kappa shape index (κ1) is 14.9. The molecule has 0 aromatic heterocycles. The van der Waals surface area contributed by atoms with Crippen molar-refractivity contribution in [3.05, 3.63) is 24.3 Å². The number of isocyanates is 4. The van der Waals surface area contributed by atoms with Crippen molar-refractivity contribution in [3.8, 4) is 22.3 Å². The molecule has 0 N–H and O–H groups in total. The Kier molecular flexibility index (Phi) is 3.71. The van der Waals surface area contributed by atoms with Crippen LogP contribution in [0.2, 0.25) is 0 Å². The third kappa shape index (κ3) is 1.99. The molecule has 0 aliphatic heterocycles. The molecule has 3 rings (SSSR count). The molecule has 0 saturated carbocycles. The van der Waals surface area contributed by atoms with E-state index in [9.17, 15) is 19.2 Å². The topological polar surface area (TPSA) is 118 Å². The predicted octanol–water partition coefficient (Wildman–Crippen LogP) is 3.20. The van der Waals surface area contributed by atoms with Gasteiger partial charge in [0.25, 0.3) is 0 Å². The van der Waals surface area contributed by atoms with Crippen LogP contribution in [0.25, 0.3) is 22.3 Å². The van der Waals surface area contributed by atoms with Gasteiger partial charge in [0.2, 0.25) is 24.3 Å². The van der Waals surface area contributed by atoms with Gasteiger partial charge in [-0.1, -0.05) is 24.3 Å². The Morgan fingerprint density at radius 1 is 0.542 bits per heavy atom. The van der Waals surface area contributed by atoms with Gasteiger partial charge in [-0.2, -0.15) is 20.0 Å². The second-order valence-electron chi connectivity index (χ2n) is 4.50. The number of hydrogen-bond acceptors (Lipinski definition) is 8. The van der Waals surface area contributed by atoms with Gasteiger partial charge in [-0.05, 0) is 11.1 Å². The van der Waals surface area contributed by atoms with Crippen molar-refractivity contribution >= 4 is 47.1 Å². The second-order valence-corrected chi connectivity index (χ2v) is 4.50. The van der Waals surface area contributed by atoms with Crippen LogP contribution < -0.4 is 0 Å². The van der Waals surface area contributed by atoms with Crippen molar-refractivity contribution in [1.82, 2.24) is 0 Å². The maximum atomic E-state index is 10.8. The van der Waals surface area contributed by atoms with Crippen molar-refractivity contribution in [2.45, 2.75) is 0 Å². The molecule has 0 fully saturated rings. The van der Waals surface area contributed by atoms with Crippen LogP contribution in [-0.2, 0) is 19.2 Å². The maximum absolute atomic E-state index is 10.8. The lowest BCUT2D eigenvalue weighted by molar-refractivity contribution is 0.563. The first-order chi connectivity index (χ1) is 11.8. The SMILES string of the molecule is O=C=Nc1c(N=C=O)c(N=C=O)c2c(c1N=C=O)-c1ccccc1-2. The first-order valence-electron chi connectivity index (χ1n) is 6.43. The fraction of sp³-hybridized carbons (Fsp3) is 0. The highest BCUT2D eigenvalue weighted by Crippen LogP contribution is 2.63.